The smallest absolute Gasteiger partial charge is 0.172 e. The number of aliphatic hydroxyl groups is 1. The van der Waals surface area contributed by atoms with Crippen molar-refractivity contribution in [1.82, 2.24) is 5.16 Å². The maximum absolute atomic E-state index is 9.25. The van der Waals surface area contributed by atoms with Crippen LogP contribution in [0.25, 0.3) is 11.3 Å². The molecular formula is C10H9NO3. The average Bonchev–Trinajstić information content (AvgIpc) is 2.65. The zero-order valence-electron chi connectivity index (χ0n) is 7.34. The van der Waals surface area contributed by atoms with E-state index in [9.17, 15) is 5.11 Å². The molecule has 0 aliphatic rings. The Morgan fingerprint density at radius 1 is 1.36 bits per heavy atom. The second kappa shape index (κ2) is 3.51. The van der Waals surface area contributed by atoms with Crippen LogP contribution in [0.1, 0.15) is 5.56 Å². The number of aromatic nitrogens is 1. The third kappa shape index (κ3) is 1.47. The predicted molar refractivity (Wildman–Crippen MR) is 49.5 cm³/mol. The molecule has 0 fully saturated rings. The highest BCUT2D eigenvalue weighted by atomic mass is 16.5. The van der Waals surface area contributed by atoms with Crippen molar-refractivity contribution >= 4 is 0 Å². The van der Waals surface area contributed by atoms with E-state index in [1.54, 1.807) is 24.3 Å². The molecular weight excluding hydrogens is 182 g/mol. The van der Waals surface area contributed by atoms with Crippen molar-refractivity contribution in [2.75, 3.05) is 0 Å². The molecule has 72 valence electrons. The van der Waals surface area contributed by atoms with E-state index in [1.165, 1.54) is 6.20 Å². The van der Waals surface area contributed by atoms with Crippen LogP contribution in [0.15, 0.2) is 35.0 Å². The van der Waals surface area contributed by atoms with E-state index in [2.05, 4.69) is 5.16 Å². The molecule has 1 heterocycles. The van der Waals surface area contributed by atoms with Crippen molar-refractivity contribution in [3.8, 4) is 17.1 Å². The molecule has 0 bridgehead atoms. The summed E-state index contributed by atoms with van der Waals surface area (Å²) in [5.41, 5.74) is 1.31. The maximum Gasteiger partial charge on any atom is 0.172 e. The van der Waals surface area contributed by atoms with Crippen LogP contribution in [-0.4, -0.2) is 15.4 Å². The molecule has 0 saturated carbocycles. The average molecular weight is 191 g/mol. The molecule has 0 amide bonds. The van der Waals surface area contributed by atoms with Crippen LogP contribution in [0, 0.1) is 0 Å². The highest BCUT2D eigenvalue weighted by Gasteiger charge is 2.09. The SMILES string of the molecule is OCc1cnoc1-c1cccc(O)c1. The quantitative estimate of drug-likeness (QED) is 0.755. The van der Waals surface area contributed by atoms with Crippen LogP contribution in [0.5, 0.6) is 5.75 Å². The van der Waals surface area contributed by atoms with Gasteiger partial charge in [0.1, 0.15) is 5.75 Å². The Hall–Kier alpha value is -1.81. The van der Waals surface area contributed by atoms with Gasteiger partial charge in [0.2, 0.25) is 0 Å². The number of phenolic OH excluding ortho intramolecular Hbond substituents is 1. The van der Waals surface area contributed by atoms with Crippen LogP contribution in [0.4, 0.5) is 0 Å². The van der Waals surface area contributed by atoms with Crippen LogP contribution >= 0.6 is 0 Å². The molecule has 2 aromatic rings. The molecule has 0 radical (unpaired) electrons. The van der Waals surface area contributed by atoms with Gasteiger partial charge in [0.15, 0.2) is 5.76 Å². The minimum absolute atomic E-state index is 0.130. The third-order valence-corrected chi connectivity index (χ3v) is 1.92. The topological polar surface area (TPSA) is 66.5 Å². The highest BCUT2D eigenvalue weighted by molar-refractivity contribution is 5.62. The molecule has 0 spiro atoms. The van der Waals surface area contributed by atoms with Gasteiger partial charge in [0.05, 0.1) is 12.8 Å². The van der Waals surface area contributed by atoms with E-state index >= 15 is 0 Å². The van der Waals surface area contributed by atoms with Crippen molar-refractivity contribution in [1.29, 1.82) is 0 Å². The van der Waals surface area contributed by atoms with E-state index in [4.69, 9.17) is 9.63 Å². The Morgan fingerprint density at radius 3 is 2.93 bits per heavy atom. The van der Waals surface area contributed by atoms with Gasteiger partial charge in [-0.2, -0.15) is 0 Å². The van der Waals surface area contributed by atoms with Crippen molar-refractivity contribution in [2.24, 2.45) is 0 Å². The normalized spacial score (nSPS) is 10.4. The second-order valence-corrected chi connectivity index (χ2v) is 2.89. The van der Waals surface area contributed by atoms with Gasteiger partial charge in [-0.25, -0.2) is 0 Å². The molecule has 4 nitrogen and oxygen atoms in total. The number of hydrogen-bond acceptors (Lipinski definition) is 4. The summed E-state index contributed by atoms with van der Waals surface area (Å²) in [4.78, 5) is 0. The van der Waals surface area contributed by atoms with E-state index in [0.717, 1.165) is 0 Å². The van der Waals surface area contributed by atoms with Gasteiger partial charge in [0, 0.05) is 11.1 Å². The summed E-state index contributed by atoms with van der Waals surface area (Å²) in [6.45, 7) is -0.130. The lowest BCUT2D eigenvalue weighted by molar-refractivity contribution is 0.281. The third-order valence-electron chi connectivity index (χ3n) is 1.92. The molecule has 2 N–H and O–H groups in total. The summed E-state index contributed by atoms with van der Waals surface area (Å²) in [6.07, 6.45) is 1.46. The number of phenols is 1. The summed E-state index contributed by atoms with van der Waals surface area (Å²) in [5, 5.41) is 21.8. The summed E-state index contributed by atoms with van der Waals surface area (Å²) < 4.78 is 4.98. The Bertz CT molecular complexity index is 436. The fourth-order valence-corrected chi connectivity index (χ4v) is 1.26. The molecule has 1 aromatic carbocycles. The van der Waals surface area contributed by atoms with Crippen LogP contribution in [0.3, 0.4) is 0 Å². The molecule has 1 aromatic heterocycles. The van der Waals surface area contributed by atoms with E-state index in [0.29, 0.717) is 16.9 Å². The van der Waals surface area contributed by atoms with Gasteiger partial charge in [-0.15, -0.1) is 0 Å². The van der Waals surface area contributed by atoms with Gasteiger partial charge in [-0.1, -0.05) is 17.3 Å². The lowest BCUT2D eigenvalue weighted by Crippen LogP contribution is -1.83. The molecule has 0 saturated heterocycles. The van der Waals surface area contributed by atoms with E-state index < -0.39 is 0 Å². The number of rotatable bonds is 2. The standard InChI is InChI=1S/C10H9NO3/c12-6-8-5-11-14-10(8)7-2-1-3-9(13)4-7/h1-5,12-13H,6H2. The number of nitrogens with zero attached hydrogens (tertiary/aromatic N) is 1. The number of benzene rings is 1. The van der Waals surface area contributed by atoms with Gasteiger partial charge >= 0.3 is 0 Å². The summed E-state index contributed by atoms with van der Waals surface area (Å²) in [6, 6.07) is 6.60. The van der Waals surface area contributed by atoms with Crippen molar-refractivity contribution in [2.45, 2.75) is 6.61 Å². The first-order chi connectivity index (χ1) is 6.81. The minimum atomic E-state index is -0.130. The molecule has 2 rings (SSSR count). The number of aliphatic hydroxyl groups excluding tert-OH is 1. The first-order valence-corrected chi connectivity index (χ1v) is 4.15. The van der Waals surface area contributed by atoms with Crippen LogP contribution in [0.2, 0.25) is 0 Å². The Kier molecular flexibility index (Phi) is 2.20. The first kappa shape index (κ1) is 8.77. The molecule has 0 aliphatic heterocycles. The Balaban J connectivity index is 2.49. The van der Waals surface area contributed by atoms with Crippen molar-refractivity contribution in [3.05, 3.63) is 36.0 Å². The summed E-state index contributed by atoms with van der Waals surface area (Å²) in [7, 11) is 0. The van der Waals surface area contributed by atoms with Gasteiger partial charge in [-0.05, 0) is 12.1 Å². The molecule has 4 heteroatoms. The van der Waals surface area contributed by atoms with Crippen LogP contribution in [-0.2, 0) is 6.61 Å². The number of aromatic hydroxyl groups is 1. The van der Waals surface area contributed by atoms with E-state index in [1.807, 2.05) is 0 Å². The lowest BCUT2D eigenvalue weighted by Gasteiger charge is -1.98. The molecule has 14 heavy (non-hydrogen) atoms. The van der Waals surface area contributed by atoms with E-state index in [-0.39, 0.29) is 12.4 Å². The lowest BCUT2D eigenvalue weighted by atomic mass is 10.1. The first-order valence-electron chi connectivity index (χ1n) is 4.15. The molecule has 0 unspecified atom stereocenters. The maximum atomic E-state index is 9.25. The fourth-order valence-electron chi connectivity index (χ4n) is 1.26. The van der Waals surface area contributed by atoms with Gasteiger partial charge in [0.25, 0.3) is 0 Å². The van der Waals surface area contributed by atoms with Gasteiger partial charge in [-0.3, -0.25) is 0 Å². The summed E-state index contributed by atoms with van der Waals surface area (Å²) in [5.74, 6) is 0.645. The van der Waals surface area contributed by atoms with Crippen molar-refractivity contribution in [3.63, 3.8) is 0 Å². The summed E-state index contributed by atoms with van der Waals surface area (Å²) >= 11 is 0. The molecule has 0 atom stereocenters. The highest BCUT2D eigenvalue weighted by Crippen LogP contribution is 2.26. The number of hydrogen-bond donors (Lipinski definition) is 2. The Labute approximate surface area is 80.4 Å². The second-order valence-electron chi connectivity index (χ2n) is 2.89. The predicted octanol–water partition coefficient (Wildman–Crippen LogP) is 1.54. The fraction of sp³-hybridized carbons (Fsp3) is 0.100. The van der Waals surface area contributed by atoms with Crippen molar-refractivity contribution < 1.29 is 14.7 Å². The monoisotopic (exact) mass is 191 g/mol. The minimum Gasteiger partial charge on any atom is -0.508 e. The van der Waals surface area contributed by atoms with Crippen LogP contribution < -0.4 is 0 Å². The zero-order chi connectivity index (χ0) is 9.97. The Morgan fingerprint density at radius 2 is 2.21 bits per heavy atom. The molecule has 0 aliphatic carbocycles. The zero-order valence-corrected chi connectivity index (χ0v) is 7.34. The van der Waals surface area contributed by atoms with Gasteiger partial charge < -0.3 is 14.7 Å². The largest absolute Gasteiger partial charge is 0.508 e.